The molecule has 0 bridgehead atoms. The predicted octanol–water partition coefficient (Wildman–Crippen LogP) is 4.29. The van der Waals surface area contributed by atoms with E-state index in [1.54, 1.807) is 29.3 Å². The van der Waals surface area contributed by atoms with Crippen molar-refractivity contribution in [3.8, 4) is 0 Å². The van der Waals surface area contributed by atoms with Gasteiger partial charge in [-0.3, -0.25) is 0 Å². The van der Waals surface area contributed by atoms with Crippen molar-refractivity contribution in [3.63, 3.8) is 0 Å². The Kier molecular flexibility index (Phi) is 6.83. The zero-order valence-corrected chi connectivity index (χ0v) is 22.2. The van der Waals surface area contributed by atoms with E-state index in [1.165, 1.54) is 10.3 Å². The summed E-state index contributed by atoms with van der Waals surface area (Å²) in [5, 5.41) is 0.619. The topological polar surface area (TPSA) is 97.6 Å². The molecule has 1 fully saturated rings. The van der Waals surface area contributed by atoms with Crippen molar-refractivity contribution in [2.75, 3.05) is 18.0 Å². The number of fused-ring (bicyclic) bond motifs is 1. The Balaban J connectivity index is 1.70. The fourth-order valence-corrected chi connectivity index (χ4v) is 5.91. The van der Waals surface area contributed by atoms with Crippen molar-refractivity contribution in [3.05, 3.63) is 60.6 Å². The van der Waals surface area contributed by atoms with E-state index in [9.17, 15) is 13.2 Å². The first kappa shape index (κ1) is 25.7. The molecule has 192 valence electrons. The van der Waals surface area contributed by atoms with E-state index >= 15 is 0 Å². The first-order valence-corrected chi connectivity index (χ1v) is 13.5. The molecular weight excluding hydrogens is 478 g/mol. The van der Waals surface area contributed by atoms with Crippen LogP contribution in [0.1, 0.15) is 45.7 Å². The normalized spacial score (nSPS) is 18.9. The fraction of sp³-hybridized carbons (Fsp3) is 0.423. The zero-order valence-electron chi connectivity index (χ0n) is 21.4. The van der Waals surface area contributed by atoms with Crippen molar-refractivity contribution in [1.82, 2.24) is 18.8 Å². The van der Waals surface area contributed by atoms with E-state index in [4.69, 9.17) is 4.74 Å². The molecule has 0 aliphatic carbocycles. The molecule has 3 aromatic rings. The number of ether oxygens (including phenoxy) is 1. The van der Waals surface area contributed by atoms with Gasteiger partial charge in [0, 0.05) is 36.9 Å². The average molecular weight is 512 g/mol. The third-order valence-electron chi connectivity index (χ3n) is 6.16. The van der Waals surface area contributed by atoms with Gasteiger partial charge in [-0.25, -0.2) is 27.2 Å². The monoisotopic (exact) mass is 511 g/mol. The Hall–Kier alpha value is -3.40. The van der Waals surface area contributed by atoms with E-state index < -0.39 is 15.6 Å². The molecule has 1 aromatic carbocycles. The fourth-order valence-electron chi connectivity index (χ4n) is 4.48. The van der Waals surface area contributed by atoms with Gasteiger partial charge in [-0.2, -0.15) is 0 Å². The van der Waals surface area contributed by atoms with E-state index in [1.807, 2.05) is 52.8 Å². The molecule has 1 aliphatic rings. The summed E-state index contributed by atoms with van der Waals surface area (Å²) in [6.45, 7) is 14.4. The lowest BCUT2D eigenvalue weighted by molar-refractivity contribution is 0.0130. The van der Waals surface area contributed by atoms with Gasteiger partial charge >= 0.3 is 6.09 Å². The van der Waals surface area contributed by atoms with Crippen LogP contribution in [0.15, 0.2) is 49.4 Å². The SMILES string of the molecule is C=Cc1cn(S(=O)(=O)Cc2ccccc2)c2ncnc(N3C[C@@H](C)N(C(=O)OC(C)(C)C)C[C@@H]3C)c12. The highest BCUT2D eigenvalue weighted by Crippen LogP contribution is 2.33. The van der Waals surface area contributed by atoms with Crippen molar-refractivity contribution < 1.29 is 17.9 Å². The number of benzene rings is 1. The second-order valence-corrected chi connectivity index (χ2v) is 12.1. The smallest absolute Gasteiger partial charge is 0.410 e. The third-order valence-corrected chi connectivity index (χ3v) is 7.73. The Labute approximate surface area is 212 Å². The standard InChI is InChI=1S/C26H33N5O4S/c1-7-21-15-31(36(33,34)16-20-11-9-8-10-12-20)24-22(21)23(27-17-28-24)29-13-19(3)30(14-18(29)2)25(32)35-26(4,5)6/h7-12,15,17-19H,1,13-14,16H2,2-6H3/t18-,19+/m0/s1. The van der Waals surface area contributed by atoms with Crippen LogP contribution in [0.25, 0.3) is 17.1 Å². The molecule has 0 unspecified atom stereocenters. The highest BCUT2D eigenvalue weighted by atomic mass is 32.2. The summed E-state index contributed by atoms with van der Waals surface area (Å²) in [5.41, 5.74) is 1.05. The van der Waals surface area contributed by atoms with Crippen LogP contribution < -0.4 is 4.90 Å². The maximum absolute atomic E-state index is 13.4. The van der Waals surface area contributed by atoms with E-state index in [-0.39, 0.29) is 23.9 Å². The Morgan fingerprint density at radius 1 is 1.14 bits per heavy atom. The maximum atomic E-state index is 13.4. The van der Waals surface area contributed by atoms with Crippen LogP contribution in [0.3, 0.4) is 0 Å². The summed E-state index contributed by atoms with van der Waals surface area (Å²) in [4.78, 5) is 25.5. The molecule has 1 amide bonds. The van der Waals surface area contributed by atoms with Crippen molar-refractivity contribution in [2.45, 2.75) is 58.1 Å². The summed E-state index contributed by atoms with van der Waals surface area (Å²) in [6, 6.07) is 8.81. The number of aromatic nitrogens is 3. The maximum Gasteiger partial charge on any atom is 0.410 e. The molecule has 4 rings (SSSR count). The molecule has 36 heavy (non-hydrogen) atoms. The lowest BCUT2D eigenvalue weighted by atomic mass is 10.1. The number of amides is 1. The van der Waals surface area contributed by atoms with Gasteiger partial charge in [-0.05, 0) is 40.2 Å². The number of nitrogens with zero attached hydrogens (tertiary/aromatic N) is 5. The molecule has 2 aromatic heterocycles. The number of anilines is 1. The summed E-state index contributed by atoms with van der Waals surface area (Å²) >= 11 is 0. The van der Waals surface area contributed by atoms with Crippen LogP contribution in [0.5, 0.6) is 0 Å². The highest BCUT2D eigenvalue weighted by molar-refractivity contribution is 7.89. The van der Waals surface area contributed by atoms with E-state index in [0.29, 0.717) is 41.1 Å². The molecular formula is C26H33N5O4S. The van der Waals surface area contributed by atoms with Gasteiger partial charge in [0.05, 0.1) is 11.1 Å². The largest absolute Gasteiger partial charge is 0.444 e. The van der Waals surface area contributed by atoms with E-state index in [0.717, 1.165) is 0 Å². The molecule has 3 heterocycles. The Morgan fingerprint density at radius 2 is 1.83 bits per heavy atom. The van der Waals surface area contributed by atoms with Crippen LogP contribution in [0.2, 0.25) is 0 Å². The molecule has 0 spiro atoms. The summed E-state index contributed by atoms with van der Waals surface area (Å²) in [6.07, 6.45) is 4.21. The molecule has 10 heteroatoms. The minimum atomic E-state index is -3.75. The minimum Gasteiger partial charge on any atom is -0.444 e. The van der Waals surface area contributed by atoms with Gasteiger partial charge in [0.15, 0.2) is 5.65 Å². The number of piperazine rings is 1. The summed E-state index contributed by atoms with van der Waals surface area (Å²) < 4.78 is 33.6. The molecule has 0 saturated carbocycles. The third kappa shape index (κ3) is 5.09. The van der Waals surface area contributed by atoms with E-state index in [2.05, 4.69) is 21.4 Å². The number of hydrogen-bond donors (Lipinski definition) is 0. The van der Waals surface area contributed by atoms with Crippen LogP contribution >= 0.6 is 0 Å². The Morgan fingerprint density at radius 3 is 2.47 bits per heavy atom. The molecule has 1 saturated heterocycles. The van der Waals surface area contributed by atoms with Crippen LogP contribution in [0.4, 0.5) is 10.6 Å². The van der Waals surface area contributed by atoms with Crippen molar-refractivity contribution in [2.24, 2.45) is 0 Å². The number of carbonyl (C=O) groups excluding carboxylic acids is 1. The van der Waals surface area contributed by atoms with Crippen LogP contribution in [-0.2, 0) is 20.5 Å². The number of hydrogen-bond acceptors (Lipinski definition) is 7. The predicted molar refractivity (Wildman–Crippen MR) is 141 cm³/mol. The van der Waals surface area contributed by atoms with Crippen molar-refractivity contribution in [1.29, 1.82) is 0 Å². The zero-order chi connectivity index (χ0) is 26.3. The average Bonchev–Trinajstić information content (AvgIpc) is 3.20. The summed E-state index contributed by atoms with van der Waals surface area (Å²) in [7, 11) is -3.75. The quantitative estimate of drug-likeness (QED) is 0.504. The second-order valence-electron chi connectivity index (χ2n) is 10.2. The second kappa shape index (κ2) is 9.57. The molecule has 0 radical (unpaired) electrons. The minimum absolute atomic E-state index is 0.0891. The van der Waals surface area contributed by atoms with Crippen molar-refractivity contribution >= 4 is 39.0 Å². The van der Waals surface area contributed by atoms with Gasteiger partial charge in [-0.15, -0.1) is 0 Å². The molecule has 2 atom stereocenters. The highest BCUT2D eigenvalue weighted by Gasteiger charge is 2.36. The molecule has 9 nitrogen and oxygen atoms in total. The first-order chi connectivity index (χ1) is 16.9. The number of carbonyl (C=O) groups is 1. The summed E-state index contributed by atoms with van der Waals surface area (Å²) in [5.74, 6) is 0.460. The van der Waals surface area contributed by atoms with Crippen LogP contribution in [-0.4, -0.2) is 64.1 Å². The lowest BCUT2D eigenvalue weighted by Crippen LogP contribution is -2.59. The lowest BCUT2D eigenvalue weighted by Gasteiger charge is -2.44. The van der Waals surface area contributed by atoms with Gasteiger partial charge in [0.1, 0.15) is 17.7 Å². The van der Waals surface area contributed by atoms with Gasteiger partial charge in [0.25, 0.3) is 0 Å². The first-order valence-electron chi connectivity index (χ1n) is 11.9. The number of rotatable bonds is 5. The van der Waals surface area contributed by atoms with Gasteiger partial charge in [0.2, 0.25) is 10.0 Å². The van der Waals surface area contributed by atoms with Gasteiger partial charge in [-0.1, -0.05) is 43.0 Å². The van der Waals surface area contributed by atoms with Gasteiger partial charge < -0.3 is 14.5 Å². The molecule has 1 aliphatic heterocycles. The van der Waals surface area contributed by atoms with Crippen LogP contribution in [0, 0.1) is 0 Å². The Bertz CT molecular complexity index is 1380. The molecule has 0 N–H and O–H groups in total.